The number of carbonyl (C=O) groups excluding carboxylic acids is 1. The van der Waals surface area contributed by atoms with Gasteiger partial charge in [-0.3, -0.25) is 4.79 Å². The Hall–Kier alpha value is -1.35. The summed E-state index contributed by atoms with van der Waals surface area (Å²) in [5.74, 6) is 1.22. The van der Waals surface area contributed by atoms with Crippen molar-refractivity contribution in [2.24, 2.45) is 11.8 Å². The number of amides is 1. The van der Waals surface area contributed by atoms with E-state index in [1.807, 2.05) is 0 Å². The summed E-state index contributed by atoms with van der Waals surface area (Å²) in [6.45, 7) is 10.7. The molecule has 1 heterocycles. The fraction of sp³-hybridized carbons (Fsp3) is 0.650. The van der Waals surface area contributed by atoms with Crippen LogP contribution in [-0.2, 0) is 16.8 Å². The van der Waals surface area contributed by atoms with E-state index >= 15 is 0 Å². The highest BCUT2D eigenvalue weighted by Crippen LogP contribution is 2.24. The Labute approximate surface area is 141 Å². The standard InChI is InChI=1S/C20H32N2O/c1-5-16-8-10-18(11-9-16)20(3,4)22-19(23)13-15(2)17-7-6-12-21-14-17/h8-11,15,17,21H,5-7,12-14H2,1-4H3,(H,22,23). The number of rotatable bonds is 6. The van der Waals surface area contributed by atoms with E-state index < -0.39 is 0 Å². The highest BCUT2D eigenvalue weighted by molar-refractivity contribution is 5.77. The lowest BCUT2D eigenvalue weighted by atomic mass is 9.85. The second-order valence-electron chi connectivity index (χ2n) is 7.51. The molecule has 3 heteroatoms. The normalized spacial score (nSPS) is 20.1. The van der Waals surface area contributed by atoms with E-state index in [2.05, 4.69) is 62.6 Å². The van der Waals surface area contributed by atoms with Gasteiger partial charge in [-0.15, -0.1) is 0 Å². The van der Waals surface area contributed by atoms with Crippen LogP contribution in [0.4, 0.5) is 0 Å². The largest absolute Gasteiger partial charge is 0.347 e. The van der Waals surface area contributed by atoms with Gasteiger partial charge in [-0.05, 0) is 69.2 Å². The zero-order chi connectivity index (χ0) is 16.9. The second-order valence-corrected chi connectivity index (χ2v) is 7.51. The van der Waals surface area contributed by atoms with Gasteiger partial charge in [-0.2, -0.15) is 0 Å². The molecular formula is C20H32N2O. The van der Waals surface area contributed by atoms with Crippen molar-refractivity contribution in [2.75, 3.05) is 13.1 Å². The molecule has 0 spiro atoms. The van der Waals surface area contributed by atoms with Crippen molar-refractivity contribution in [3.63, 3.8) is 0 Å². The van der Waals surface area contributed by atoms with Gasteiger partial charge in [0.25, 0.3) is 0 Å². The predicted molar refractivity (Wildman–Crippen MR) is 96.4 cm³/mol. The Morgan fingerprint density at radius 1 is 1.35 bits per heavy atom. The average Bonchev–Trinajstić information content (AvgIpc) is 2.55. The van der Waals surface area contributed by atoms with Crippen molar-refractivity contribution < 1.29 is 4.79 Å². The number of nitrogens with one attached hydrogen (secondary N) is 2. The van der Waals surface area contributed by atoms with Crippen molar-refractivity contribution in [3.8, 4) is 0 Å². The van der Waals surface area contributed by atoms with Crippen molar-refractivity contribution in [3.05, 3.63) is 35.4 Å². The Bertz CT molecular complexity index is 501. The molecule has 0 aliphatic carbocycles. The summed E-state index contributed by atoms with van der Waals surface area (Å²) in [5, 5.41) is 6.66. The highest BCUT2D eigenvalue weighted by atomic mass is 16.1. The molecule has 128 valence electrons. The lowest BCUT2D eigenvalue weighted by Crippen LogP contribution is -2.42. The molecule has 1 aromatic rings. The van der Waals surface area contributed by atoms with Crippen LogP contribution >= 0.6 is 0 Å². The molecule has 23 heavy (non-hydrogen) atoms. The molecule has 1 amide bonds. The van der Waals surface area contributed by atoms with Gasteiger partial charge in [0.2, 0.25) is 5.91 Å². The van der Waals surface area contributed by atoms with E-state index in [-0.39, 0.29) is 11.4 Å². The van der Waals surface area contributed by atoms with Crippen molar-refractivity contribution in [1.29, 1.82) is 0 Å². The van der Waals surface area contributed by atoms with Gasteiger partial charge in [0.05, 0.1) is 5.54 Å². The van der Waals surface area contributed by atoms with E-state index in [1.165, 1.54) is 18.4 Å². The van der Waals surface area contributed by atoms with Gasteiger partial charge < -0.3 is 10.6 Å². The lowest BCUT2D eigenvalue weighted by Gasteiger charge is -2.31. The van der Waals surface area contributed by atoms with Crippen LogP contribution < -0.4 is 10.6 Å². The summed E-state index contributed by atoms with van der Waals surface area (Å²) < 4.78 is 0. The average molecular weight is 316 g/mol. The van der Waals surface area contributed by atoms with E-state index in [0.717, 1.165) is 25.1 Å². The predicted octanol–water partition coefficient (Wildman–Crippen LogP) is 3.63. The molecule has 1 aliphatic heterocycles. The Morgan fingerprint density at radius 3 is 2.61 bits per heavy atom. The Morgan fingerprint density at radius 2 is 2.04 bits per heavy atom. The summed E-state index contributed by atoms with van der Waals surface area (Å²) in [6.07, 6.45) is 4.12. The first-order valence-corrected chi connectivity index (χ1v) is 9.03. The zero-order valence-electron chi connectivity index (χ0n) is 15.1. The van der Waals surface area contributed by atoms with E-state index in [1.54, 1.807) is 0 Å². The van der Waals surface area contributed by atoms with Crippen LogP contribution in [0, 0.1) is 11.8 Å². The van der Waals surface area contributed by atoms with Crippen molar-refractivity contribution in [2.45, 2.75) is 58.9 Å². The number of hydrogen-bond acceptors (Lipinski definition) is 2. The number of piperidine rings is 1. The maximum absolute atomic E-state index is 12.5. The molecular weight excluding hydrogens is 284 g/mol. The second kappa shape index (κ2) is 7.96. The summed E-state index contributed by atoms with van der Waals surface area (Å²) in [7, 11) is 0. The summed E-state index contributed by atoms with van der Waals surface area (Å²) in [5.41, 5.74) is 2.16. The topological polar surface area (TPSA) is 41.1 Å². The Kier molecular flexibility index (Phi) is 6.23. The van der Waals surface area contributed by atoms with Crippen LogP contribution in [0.2, 0.25) is 0 Å². The van der Waals surface area contributed by atoms with E-state index in [4.69, 9.17) is 0 Å². The molecule has 1 aliphatic rings. The molecule has 0 saturated carbocycles. The summed E-state index contributed by atoms with van der Waals surface area (Å²) >= 11 is 0. The number of aryl methyl sites for hydroxylation is 1. The molecule has 0 aromatic heterocycles. The summed E-state index contributed by atoms with van der Waals surface area (Å²) in [6, 6.07) is 8.57. The maximum atomic E-state index is 12.5. The molecule has 1 fully saturated rings. The molecule has 2 rings (SSSR count). The first kappa shape index (κ1) is 18.0. The van der Waals surface area contributed by atoms with Gasteiger partial charge in [0, 0.05) is 6.42 Å². The van der Waals surface area contributed by atoms with E-state index in [9.17, 15) is 4.79 Å². The minimum Gasteiger partial charge on any atom is -0.347 e. The lowest BCUT2D eigenvalue weighted by molar-refractivity contribution is -0.124. The number of hydrogen-bond donors (Lipinski definition) is 2. The first-order chi connectivity index (χ1) is 10.9. The van der Waals surface area contributed by atoms with Gasteiger partial charge in [-0.25, -0.2) is 0 Å². The molecule has 1 aromatic carbocycles. The summed E-state index contributed by atoms with van der Waals surface area (Å²) in [4.78, 5) is 12.5. The fourth-order valence-corrected chi connectivity index (χ4v) is 3.45. The minimum absolute atomic E-state index is 0.160. The smallest absolute Gasteiger partial charge is 0.220 e. The van der Waals surface area contributed by atoms with Crippen LogP contribution in [0.3, 0.4) is 0 Å². The third kappa shape index (κ3) is 5.07. The minimum atomic E-state index is -0.326. The third-order valence-electron chi connectivity index (χ3n) is 5.18. The third-order valence-corrected chi connectivity index (χ3v) is 5.18. The zero-order valence-corrected chi connectivity index (χ0v) is 15.1. The van der Waals surface area contributed by atoms with Gasteiger partial charge in [0.15, 0.2) is 0 Å². The highest BCUT2D eigenvalue weighted by Gasteiger charge is 2.26. The van der Waals surface area contributed by atoms with Crippen LogP contribution in [-0.4, -0.2) is 19.0 Å². The molecule has 2 unspecified atom stereocenters. The molecule has 2 atom stereocenters. The van der Waals surface area contributed by atoms with Gasteiger partial charge in [-0.1, -0.05) is 38.1 Å². The van der Waals surface area contributed by atoms with Crippen molar-refractivity contribution in [1.82, 2.24) is 10.6 Å². The fourth-order valence-electron chi connectivity index (χ4n) is 3.45. The number of carbonyl (C=O) groups is 1. The maximum Gasteiger partial charge on any atom is 0.220 e. The Balaban J connectivity index is 1.91. The van der Waals surface area contributed by atoms with Crippen molar-refractivity contribution >= 4 is 5.91 Å². The van der Waals surface area contributed by atoms with Gasteiger partial charge in [0.1, 0.15) is 0 Å². The SMILES string of the molecule is CCc1ccc(C(C)(C)NC(=O)CC(C)C2CCCNC2)cc1. The van der Waals surface area contributed by atoms with E-state index in [0.29, 0.717) is 18.3 Å². The van der Waals surface area contributed by atoms with Crippen LogP contribution in [0.1, 0.15) is 58.1 Å². The first-order valence-electron chi connectivity index (χ1n) is 9.03. The molecule has 3 nitrogen and oxygen atoms in total. The molecule has 2 N–H and O–H groups in total. The van der Waals surface area contributed by atoms with Crippen LogP contribution in [0.5, 0.6) is 0 Å². The molecule has 1 saturated heterocycles. The molecule has 0 bridgehead atoms. The molecule has 0 radical (unpaired) electrons. The van der Waals surface area contributed by atoms with Gasteiger partial charge >= 0.3 is 0 Å². The van der Waals surface area contributed by atoms with Crippen LogP contribution in [0.15, 0.2) is 24.3 Å². The quantitative estimate of drug-likeness (QED) is 0.841. The number of benzene rings is 1. The van der Waals surface area contributed by atoms with Crippen LogP contribution in [0.25, 0.3) is 0 Å². The monoisotopic (exact) mass is 316 g/mol.